The molecule has 0 saturated heterocycles. The van der Waals surface area contributed by atoms with Crippen molar-refractivity contribution in [3.8, 4) is 0 Å². The lowest BCUT2D eigenvalue weighted by Crippen LogP contribution is -2.28. The lowest BCUT2D eigenvalue weighted by Gasteiger charge is -2.15. The molecule has 0 bridgehead atoms. The molecule has 5 nitrogen and oxygen atoms in total. The second kappa shape index (κ2) is 7.60. The summed E-state index contributed by atoms with van der Waals surface area (Å²) in [6.07, 6.45) is 2.41. The van der Waals surface area contributed by atoms with E-state index in [1.54, 1.807) is 0 Å². The fourth-order valence-corrected chi connectivity index (χ4v) is 3.70. The summed E-state index contributed by atoms with van der Waals surface area (Å²) in [5.41, 5.74) is 3.65. The van der Waals surface area contributed by atoms with Crippen LogP contribution in [0, 0.1) is 13.8 Å². The van der Waals surface area contributed by atoms with Gasteiger partial charge in [-0.1, -0.05) is 30.0 Å². The smallest absolute Gasteiger partial charge is 0.230 e. The molecule has 1 aliphatic carbocycles. The largest absolute Gasteiger partial charge is 0.349 e. The zero-order chi connectivity index (χ0) is 18.0. The summed E-state index contributed by atoms with van der Waals surface area (Å²) in [7, 11) is 0. The maximum atomic E-state index is 12.3. The van der Waals surface area contributed by atoms with Gasteiger partial charge in [0.1, 0.15) is 5.82 Å². The molecule has 1 aromatic carbocycles. The Morgan fingerprint density at radius 2 is 2.08 bits per heavy atom. The van der Waals surface area contributed by atoms with Gasteiger partial charge in [-0.05, 0) is 57.2 Å². The van der Waals surface area contributed by atoms with E-state index < -0.39 is 0 Å². The Kier molecular flexibility index (Phi) is 5.47. The highest BCUT2D eigenvalue weighted by Crippen LogP contribution is 2.39. The highest BCUT2D eigenvalue weighted by atomic mass is 32.2. The molecule has 1 atom stereocenters. The van der Waals surface area contributed by atoms with Crippen LogP contribution in [0.3, 0.4) is 0 Å². The Hall–Kier alpha value is -1.82. The summed E-state index contributed by atoms with van der Waals surface area (Å²) in [4.78, 5) is 12.3. The maximum absolute atomic E-state index is 12.3. The van der Waals surface area contributed by atoms with Crippen LogP contribution in [-0.2, 0) is 11.3 Å². The summed E-state index contributed by atoms with van der Waals surface area (Å²) in [5.74, 6) is 2.03. The SMILES string of the molecule is CCn1c(SCC(=O)N[C@H](C)c2ccc(C)c(C)c2)nnc1C1CC1. The highest BCUT2D eigenvalue weighted by Gasteiger charge is 2.30. The quantitative estimate of drug-likeness (QED) is 0.766. The van der Waals surface area contributed by atoms with Crippen LogP contribution in [0.25, 0.3) is 0 Å². The summed E-state index contributed by atoms with van der Waals surface area (Å²) >= 11 is 1.47. The monoisotopic (exact) mass is 358 g/mol. The minimum atomic E-state index is -0.00142. The number of carbonyl (C=O) groups excluding carboxylic acids is 1. The van der Waals surface area contributed by atoms with Gasteiger partial charge in [0.15, 0.2) is 5.16 Å². The fraction of sp³-hybridized carbons (Fsp3) is 0.526. The zero-order valence-corrected chi connectivity index (χ0v) is 16.2. The Balaban J connectivity index is 1.56. The average molecular weight is 359 g/mol. The Morgan fingerprint density at radius 1 is 1.32 bits per heavy atom. The summed E-state index contributed by atoms with van der Waals surface area (Å²) < 4.78 is 2.14. The van der Waals surface area contributed by atoms with Crippen LogP contribution >= 0.6 is 11.8 Å². The van der Waals surface area contributed by atoms with Crippen molar-refractivity contribution in [2.45, 2.75) is 64.2 Å². The molecular formula is C19H26N4OS. The van der Waals surface area contributed by atoms with Crippen molar-refractivity contribution in [2.75, 3.05) is 5.75 Å². The van der Waals surface area contributed by atoms with Crippen LogP contribution in [0.1, 0.15) is 61.2 Å². The van der Waals surface area contributed by atoms with Crippen molar-refractivity contribution in [1.82, 2.24) is 20.1 Å². The molecule has 3 rings (SSSR count). The van der Waals surface area contributed by atoms with E-state index >= 15 is 0 Å². The molecule has 0 aliphatic heterocycles. The van der Waals surface area contributed by atoms with E-state index in [0.29, 0.717) is 11.7 Å². The van der Waals surface area contributed by atoms with Crippen LogP contribution in [-0.4, -0.2) is 26.4 Å². The number of nitrogens with zero attached hydrogens (tertiary/aromatic N) is 3. The van der Waals surface area contributed by atoms with Gasteiger partial charge in [0.2, 0.25) is 5.91 Å². The molecule has 134 valence electrons. The van der Waals surface area contributed by atoms with E-state index in [-0.39, 0.29) is 11.9 Å². The van der Waals surface area contributed by atoms with Crippen molar-refractivity contribution in [1.29, 1.82) is 0 Å². The molecule has 6 heteroatoms. The molecule has 1 aromatic heterocycles. The van der Waals surface area contributed by atoms with Crippen molar-refractivity contribution < 1.29 is 4.79 Å². The molecule has 1 saturated carbocycles. The van der Waals surface area contributed by atoms with E-state index in [1.807, 2.05) is 6.92 Å². The first-order valence-electron chi connectivity index (χ1n) is 8.92. The predicted octanol–water partition coefficient (Wildman–Crippen LogP) is 3.76. The molecule has 0 radical (unpaired) electrons. The molecular weight excluding hydrogens is 332 g/mol. The van der Waals surface area contributed by atoms with E-state index in [4.69, 9.17) is 0 Å². The number of aromatic nitrogens is 3. The minimum absolute atomic E-state index is 0.00142. The van der Waals surface area contributed by atoms with Gasteiger partial charge in [0, 0.05) is 12.5 Å². The third kappa shape index (κ3) is 4.24. The summed E-state index contributed by atoms with van der Waals surface area (Å²) in [6, 6.07) is 6.32. The Labute approximate surface area is 153 Å². The van der Waals surface area contributed by atoms with Crippen LogP contribution < -0.4 is 5.32 Å². The molecule has 2 aromatic rings. The second-order valence-electron chi connectivity index (χ2n) is 6.78. The van der Waals surface area contributed by atoms with Gasteiger partial charge in [-0.15, -0.1) is 10.2 Å². The standard InChI is InChI=1S/C19H26N4OS/c1-5-23-18(15-8-9-15)21-22-19(23)25-11-17(24)20-14(4)16-7-6-12(2)13(3)10-16/h6-7,10,14-15H,5,8-9,11H2,1-4H3,(H,20,24)/t14-/m1/s1. The second-order valence-corrected chi connectivity index (χ2v) is 7.72. The number of rotatable bonds is 7. The van der Waals surface area contributed by atoms with Crippen molar-refractivity contribution >= 4 is 17.7 Å². The number of carbonyl (C=O) groups is 1. The van der Waals surface area contributed by atoms with Crippen molar-refractivity contribution in [2.24, 2.45) is 0 Å². The van der Waals surface area contributed by atoms with Gasteiger partial charge in [-0.25, -0.2) is 0 Å². The lowest BCUT2D eigenvalue weighted by atomic mass is 10.0. The molecule has 1 fully saturated rings. The first-order chi connectivity index (χ1) is 12.0. The van der Waals surface area contributed by atoms with Crippen LogP contribution in [0.2, 0.25) is 0 Å². The van der Waals surface area contributed by atoms with Gasteiger partial charge < -0.3 is 9.88 Å². The van der Waals surface area contributed by atoms with E-state index in [1.165, 1.54) is 35.7 Å². The average Bonchev–Trinajstić information content (AvgIpc) is 3.35. The van der Waals surface area contributed by atoms with Crippen molar-refractivity contribution in [3.05, 3.63) is 40.7 Å². The highest BCUT2D eigenvalue weighted by molar-refractivity contribution is 7.99. The molecule has 1 N–H and O–H groups in total. The van der Waals surface area contributed by atoms with Crippen molar-refractivity contribution in [3.63, 3.8) is 0 Å². The summed E-state index contributed by atoms with van der Waals surface area (Å²) in [6.45, 7) is 9.16. The number of amides is 1. The van der Waals surface area contributed by atoms with E-state index in [9.17, 15) is 4.79 Å². The number of thioether (sulfide) groups is 1. The molecule has 1 amide bonds. The number of hydrogen-bond acceptors (Lipinski definition) is 4. The molecule has 0 unspecified atom stereocenters. The number of hydrogen-bond donors (Lipinski definition) is 1. The van der Waals surface area contributed by atoms with Crippen LogP contribution in [0.5, 0.6) is 0 Å². The molecule has 1 aliphatic rings. The normalized spacial score (nSPS) is 15.2. The first-order valence-corrected chi connectivity index (χ1v) is 9.90. The van der Waals surface area contributed by atoms with Gasteiger partial charge >= 0.3 is 0 Å². The molecule has 1 heterocycles. The predicted molar refractivity (Wildman–Crippen MR) is 101 cm³/mol. The number of benzene rings is 1. The van der Waals surface area contributed by atoms with Gasteiger partial charge in [0.25, 0.3) is 0 Å². The maximum Gasteiger partial charge on any atom is 0.230 e. The Bertz CT molecular complexity index is 767. The molecule has 0 spiro atoms. The topological polar surface area (TPSA) is 59.8 Å². The van der Waals surface area contributed by atoms with Gasteiger partial charge in [0.05, 0.1) is 11.8 Å². The van der Waals surface area contributed by atoms with E-state index in [2.05, 4.69) is 59.1 Å². The minimum Gasteiger partial charge on any atom is -0.349 e. The zero-order valence-electron chi connectivity index (χ0n) is 15.4. The lowest BCUT2D eigenvalue weighted by molar-refractivity contribution is -0.119. The molecule has 25 heavy (non-hydrogen) atoms. The van der Waals surface area contributed by atoms with Crippen LogP contribution in [0.15, 0.2) is 23.4 Å². The Morgan fingerprint density at radius 3 is 2.72 bits per heavy atom. The van der Waals surface area contributed by atoms with E-state index in [0.717, 1.165) is 23.1 Å². The van der Waals surface area contributed by atoms with Gasteiger partial charge in [-0.2, -0.15) is 0 Å². The number of aryl methyl sites for hydroxylation is 2. The fourth-order valence-electron chi connectivity index (χ4n) is 2.88. The third-order valence-electron chi connectivity index (χ3n) is 4.75. The van der Waals surface area contributed by atoms with Crippen LogP contribution in [0.4, 0.5) is 0 Å². The third-order valence-corrected chi connectivity index (χ3v) is 5.71. The summed E-state index contributed by atoms with van der Waals surface area (Å²) in [5, 5.41) is 12.5. The number of nitrogens with one attached hydrogen (secondary N) is 1. The first kappa shape index (κ1) is 18.0. The van der Waals surface area contributed by atoms with Gasteiger partial charge in [-0.3, -0.25) is 4.79 Å².